The molecule has 0 radical (unpaired) electrons. The molecule has 0 amide bonds. The Labute approximate surface area is 88.2 Å². The number of hydrogen-bond donors (Lipinski definition) is 2. The van der Waals surface area contributed by atoms with Gasteiger partial charge in [0.1, 0.15) is 0 Å². The third-order valence-corrected chi connectivity index (χ3v) is 4.84. The van der Waals surface area contributed by atoms with E-state index in [0.717, 1.165) is 25.7 Å². The first-order valence-corrected chi connectivity index (χ1v) is 5.72. The van der Waals surface area contributed by atoms with E-state index in [4.69, 9.17) is 5.26 Å². The van der Waals surface area contributed by atoms with Gasteiger partial charge in [0.05, 0.1) is 0 Å². The summed E-state index contributed by atoms with van der Waals surface area (Å²) in [6, 6.07) is 0. The first-order chi connectivity index (χ1) is 7.16. The zero-order valence-corrected chi connectivity index (χ0v) is 8.56. The molecule has 84 valence electrons. The quantitative estimate of drug-likeness (QED) is 0.540. The zero-order valence-electron chi connectivity index (χ0n) is 8.56. The Bertz CT molecular complexity index is 271. The standard InChI is InChI=1S/C11H16O4/c12-10(13)11(15-14)8-2-6-1-7(4-8)5-9(11)3-6/h6-9,14H,1-5H2,(H,12,13). The van der Waals surface area contributed by atoms with Crippen molar-refractivity contribution >= 4 is 5.97 Å². The molecule has 0 heterocycles. The molecule has 4 nitrogen and oxygen atoms in total. The van der Waals surface area contributed by atoms with Gasteiger partial charge in [0.15, 0.2) is 0 Å². The van der Waals surface area contributed by atoms with Crippen LogP contribution < -0.4 is 0 Å². The number of hydrogen-bond acceptors (Lipinski definition) is 3. The van der Waals surface area contributed by atoms with Gasteiger partial charge in [0.25, 0.3) is 0 Å². The van der Waals surface area contributed by atoms with Gasteiger partial charge in [0, 0.05) is 11.8 Å². The fraction of sp³-hybridized carbons (Fsp3) is 0.909. The molecule has 0 aromatic rings. The second kappa shape index (κ2) is 2.95. The van der Waals surface area contributed by atoms with Gasteiger partial charge in [-0.15, -0.1) is 0 Å². The van der Waals surface area contributed by atoms with Crippen LogP contribution in [0.2, 0.25) is 0 Å². The van der Waals surface area contributed by atoms with E-state index >= 15 is 0 Å². The molecule has 2 N–H and O–H groups in total. The van der Waals surface area contributed by atoms with Gasteiger partial charge in [-0.25, -0.2) is 9.68 Å². The van der Waals surface area contributed by atoms with Crippen molar-refractivity contribution in [2.45, 2.75) is 37.7 Å². The SMILES string of the molecule is O=C(O)C1(OO)C2CC3CC(C2)CC1C3. The fourth-order valence-corrected chi connectivity index (χ4v) is 4.42. The van der Waals surface area contributed by atoms with Crippen molar-refractivity contribution in [2.75, 3.05) is 0 Å². The Morgan fingerprint density at radius 2 is 1.53 bits per heavy atom. The van der Waals surface area contributed by atoms with Crippen molar-refractivity contribution in [1.29, 1.82) is 0 Å². The molecule has 4 fully saturated rings. The molecule has 4 aliphatic carbocycles. The first-order valence-electron chi connectivity index (χ1n) is 5.72. The minimum atomic E-state index is -1.28. The molecule has 0 saturated heterocycles. The summed E-state index contributed by atoms with van der Waals surface area (Å²) in [5, 5.41) is 18.3. The van der Waals surface area contributed by atoms with E-state index in [1.54, 1.807) is 0 Å². The topological polar surface area (TPSA) is 66.8 Å². The summed E-state index contributed by atoms with van der Waals surface area (Å²) in [5.74, 6) is 0.427. The molecule has 0 aromatic carbocycles. The molecule has 4 aliphatic rings. The van der Waals surface area contributed by atoms with Crippen molar-refractivity contribution in [1.82, 2.24) is 0 Å². The number of carboxylic acids is 1. The average Bonchev–Trinajstić information content (AvgIpc) is 2.16. The highest BCUT2D eigenvalue weighted by Gasteiger charge is 2.63. The predicted octanol–water partition coefficient (Wildman–Crippen LogP) is 1.76. The van der Waals surface area contributed by atoms with Gasteiger partial charge < -0.3 is 5.11 Å². The lowest BCUT2D eigenvalue weighted by atomic mass is 9.50. The van der Waals surface area contributed by atoms with E-state index in [9.17, 15) is 9.90 Å². The number of rotatable bonds is 2. The molecular weight excluding hydrogens is 196 g/mol. The zero-order chi connectivity index (χ0) is 10.6. The van der Waals surface area contributed by atoms with Crippen LogP contribution in [-0.4, -0.2) is 21.9 Å². The minimum Gasteiger partial charge on any atom is -0.479 e. The van der Waals surface area contributed by atoms with Crippen LogP contribution in [0.5, 0.6) is 0 Å². The van der Waals surface area contributed by atoms with Gasteiger partial charge in [-0.3, -0.25) is 5.26 Å². The van der Waals surface area contributed by atoms with Gasteiger partial charge >= 0.3 is 5.97 Å². The second-order valence-electron chi connectivity index (χ2n) is 5.49. The second-order valence-corrected chi connectivity index (χ2v) is 5.49. The van der Waals surface area contributed by atoms with Crippen LogP contribution in [0.1, 0.15) is 32.1 Å². The van der Waals surface area contributed by atoms with Crippen LogP contribution in [0.25, 0.3) is 0 Å². The summed E-state index contributed by atoms with van der Waals surface area (Å²) in [4.78, 5) is 15.8. The van der Waals surface area contributed by atoms with Crippen molar-refractivity contribution < 1.29 is 20.0 Å². The molecule has 0 spiro atoms. The van der Waals surface area contributed by atoms with Gasteiger partial charge in [-0.2, -0.15) is 0 Å². The molecule has 4 heteroatoms. The van der Waals surface area contributed by atoms with Crippen LogP contribution in [0.3, 0.4) is 0 Å². The van der Waals surface area contributed by atoms with Gasteiger partial charge in [-0.1, -0.05) is 0 Å². The molecular formula is C11H16O4. The van der Waals surface area contributed by atoms with Crippen LogP contribution in [0, 0.1) is 23.7 Å². The summed E-state index contributed by atoms with van der Waals surface area (Å²) in [6.45, 7) is 0. The van der Waals surface area contributed by atoms with Crippen LogP contribution >= 0.6 is 0 Å². The third-order valence-electron chi connectivity index (χ3n) is 4.84. The van der Waals surface area contributed by atoms with Crippen LogP contribution in [0.15, 0.2) is 0 Å². The molecule has 4 bridgehead atoms. The highest BCUT2D eigenvalue weighted by Crippen LogP contribution is 2.59. The van der Waals surface area contributed by atoms with E-state index in [1.807, 2.05) is 0 Å². The van der Waals surface area contributed by atoms with E-state index in [1.165, 1.54) is 6.42 Å². The maximum absolute atomic E-state index is 11.4. The van der Waals surface area contributed by atoms with Crippen molar-refractivity contribution in [2.24, 2.45) is 23.7 Å². The summed E-state index contributed by atoms with van der Waals surface area (Å²) in [5.41, 5.74) is -1.28. The Balaban J connectivity index is 1.99. The molecule has 0 aliphatic heterocycles. The maximum atomic E-state index is 11.4. The summed E-state index contributed by atoms with van der Waals surface area (Å²) in [7, 11) is 0. The third kappa shape index (κ3) is 1.06. The van der Waals surface area contributed by atoms with E-state index in [0.29, 0.717) is 11.8 Å². The molecule has 0 atom stereocenters. The van der Waals surface area contributed by atoms with E-state index < -0.39 is 11.6 Å². The number of carboxylic acid groups (broad SMARTS) is 1. The Kier molecular flexibility index (Phi) is 1.89. The first kappa shape index (κ1) is 9.60. The van der Waals surface area contributed by atoms with Gasteiger partial charge in [0.2, 0.25) is 5.60 Å². The van der Waals surface area contributed by atoms with Gasteiger partial charge in [-0.05, 0) is 43.9 Å². The lowest BCUT2D eigenvalue weighted by Gasteiger charge is -2.57. The Morgan fingerprint density at radius 3 is 1.87 bits per heavy atom. The number of carbonyl (C=O) groups is 1. The lowest BCUT2D eigenvalue weighted by molar-refractivity contribution is -0.364. The highest BCUT2D eigenvalue weighted by atomic mass is 17.1. The molecule has 0 aromatic heterocycles. The predicted molar refractivity (Wildman–Crippen MR) is 51.1 cm³/mol. The molecule has 4 rings (SSSR count). The smallest absolute Gasteiger partial charge is 0.339 e. The normalized spacial score (nSPS) is 52.1. The maximum Gasteiger partial charge on any atom is 0.339 e. The monoisotopic (exact) mass is 212 g/mol. The fourth-order valence-electron chi connectivity index (χ4n) is 4.42. The summed E-state index contributed by atoms with van der Waals surface area (Å²) >= 11 is 0. The average molecular weight is 212 g/mol. The number of aliphatic carboxylic acids is 1. The lowest BCUT2D eigenvalue weighted by Crippen LogP contribution is -2.62. The summed E-state index contributed by atoms with van der Waals surface area (Å²) in [6.07, 6.45) is 4.92. The molecule has 15 heavy (non-hydrogen) atoms. The Morgan fingerprint density at radius 1 is 1.07 bits per heavy atom. The largest absolute Gasteiger partial charge is 0.479 e. The van der Waals surface area contributed by atoms with E-state index in [2.05, 4.69) is 4.89 Å². The van der Waals surface area contributed by atoms with E-state index in [-0.39, 0.29) is 11.8 Å². The Hall–Kier alpha value is -0.610. The molecule has 4 saturated carbocycles. The van der Waals surface area contributed by atoms with Crippen LogP contribution in [-0.2, 0) is 9.68 Å². The van der Waals surface area contributed by atoms with Crippen molar-refractivity contribution in [3.8, 4) is 0 Å². The molecule has 0 unspecified atom stereocenters. The van der Waals surface area contributed by atoms with Crippen molar-refractivity contribution in [3.63, 3.8) is 0 Å². The minimum absolute atomic E-state index is 0.0243. The van der Waals surface area contributed by atoms with Crippen molar-refractivity contribution in [3.05, 3.63) is 0 Å². The summed E-state index contributed by atoms with van der Waals surface area (Å²) < 4.78 is 0. The van der Waals surface area contributed by atoms with Crippen LogP contribution in [0.4, 0.5) is 0 Å². The highest BCUT2D eigenvalue weighted by molar-refractivity contribution is 5.79.